The minimum atomic E-state index is -4.96. The van der Waals surface area contributed by atoms with E-state index in [-0.39, 0.29) is 119 Å². The van der Waals surface area contributed by atoms with Gasteiger partial charge in [0, 0.05) is 28.0 Å². The van der Waals surface area contributed by atoms with Crippen LogP contribution in [0.5, 0.6) is 17.4 Å². The summed E-state index contributed by atoms with van der Waals surface area (Å²) < 4.78 is 180. The van der Waals surface area contributed by atoms with E-state index in [1.165, 1.54) is 44.4 Å². The van der Waals surface area contributed by atoms with Gasteiger partial charge in [-0.15, -0.1) is 37.3 Å². The fraction of sp³-hybridized carbons (Fsp3) is 0.205. The molecule has 6 N–H and O–H groups in total. The van der Waals surface area contributed by atoms with Gasteiger partial charge in [-0.2, -0.15) is 52.5 Å². The minimum absolute atomic E-state index is 0.0167. The molecular weight excluding hydrogens is 1220 g/mol. The Morgan fingerprint density at radius 2 is 1.36 bits per heavy atom. The predicted molar refractivity (Wildman–Crippen MR) is 290 cm³/mol. The number of ether oxygens (including phenoxy) is 2. The number of halogens is 1. The molecule has 0 spiro atoms. The molecule has 0 unspecified atom stereocenters. The molecule has 420 valence electrons. The molecule has 0 fully saturated rings. The highest BCUT2D eigenvalue weighted by atomic mass is 35.5. The standard InChI is InChI=1S/C44H37ClN10O18S7/c1-21-12-30(50-53-39-22(2)26(20-46)42-47-29-15-27(45)37(79(66,67)68)19-33(29)55(42)43(39)56)35(73-8-4-10-76(57,58)59)16-28(21)49-52-32-17-34(72-3)31(18-36(32)74-9-5-11-77(60,61)62)51-54-44-48-40-38(80(69,70)71)14-23-13-24(78(63,64)65)6-7-25(23)41(40)75-44/h6-7,12-19,56H,4-5,8-11H2,1-3H3,(H,57,58,59)(H,60,61,62)(H,63,64,65)(H,66,67,68)(H,69,70,71). The van der Waals surface area contributed by atoms with Crippen molar-refractivity contribution in [3.63, 3.8) is 0 Å². The number of rotatable bonds is 20. The predicted octanol–water partition coefficient (Wildman–Crippen LogP) is 10.1. The van der Waals surface area contributed by atoms with Crippen molar-refractivity contribution in [3.8, 4) is 23.4 Å². The van der Waals surface area contributed by atoms with E-state index in [0.717, 1.165) is 57.8 Å². The molecular formula is C44H37ClN10O18S7. The number of fused-ring (bicyclic) bond motifs is 6. The molecule has 0 saturated carbocycles. The molecule has 80 heavy (non-hydrogen) atoms. The Morgan fingerprint density at radius 1 is 0.725 bits per heavy atom. The fourth-order valence-corrected chi connectivity index (χ4v) is 13.0. The molecule has 3 aromatic heterocycles. The lowest BCUT2D eigenvalue weighted by Crippen LogP contribution is -2.08. The number of aryl methyl sites for hydroxylation is 1. The third kappa shape index (κ3) is 13.1. The van der Waals surface area contributed by atoms with Crippen LogP contribution >= 0.6 is 34.7 Å². The van der Waals surface area contributed by atoms with E-state index in [2.05, 4.69) is 40.7 Å². The smallest absolute Gasteiger partial charge is 0.296 e. The number of pyridine rings is 1. The maximum atomic E-state index is 12.5. The zero-order valence-electron chi connectivity index (χ0n) is 40.8. The normalized spacial score (nSPS) is 13.1. The maximum Gasteiger partial charge on any atom is 0.296 e. The molecule has 0 amide bonds. The third-order valence-corrected chi connectivity index (χ3v) is 18.1. The van der Waals surface area contributed by atoms with Gasteiger partial charge in [0.25, 0.3) is 50.6 Å². The highest BCUT2D eigenvalue weighted by Gasteiger charge is 2.26. The zero-order chi connectivity index (χ0) is 58.4. The largest absolute Gasteiger partial charge is 0.494 e. The summed E-state index contributed by atoms with van der Waals surface area (Å²) in [6.45, 7) is 2.70. The SMILES string of the molecule is COc1cc(N=Nc2cc(OCCCS(=O)(=O)O)c(N=Nc3c(C)c(C#N)c4nc5cc(Cl)c(S(=O)(=O)O)cc5n4c3O)cc2C)c(SCCCS(=O)(=O)O)cc1N=Nc1nc2c(S(=O)(=O)O)cc3cc(S(=O)(=O)O)ccc3c2s1. The first-order chi connectivity index (χ1) is 37.3. The number of aromatic hydroxyl groups is 1. The molecule has 0 atom stereocenters. The number of hydrogen-bond acceptors (Lipinski definition) is 24. The van der Waals surface area contributed by atoms with Crippen molar-refractivity contribution >= 4 is 157 Å². The number of nitrogens with zero attached hydrogens (tertiary/aromatic N) is 10. The van der Waals surface area contributed by atoms with E-state index in [0.29, 0.717) is 10.5 Å². The van der Waals surface area contributed by atoms with Gasteiger partial charge in [0.1, 0.15) is 55.5 Å². The summed E-state index contributed by atoms with van der Waals surface area (Å²) in [7, 11) is -22.0. The Balaban J connectivity index is 1.19. The Morgan fingerprint density at radius 3 is 2.01 bits per heavy atom. The molecule has 8 rings (SSSR count). The lowest BCUT2D eigenvalue weighted by molar-refractivity contribution is 0.317. The first kappa shape index (κ1) is 59.2. The van der Waals surface area contributed by atoms with Crippen LogP contribution < -0.4 is 9.47 Å². The van der Waals surface area contributed by atoms with Crippen molar-refractivity contribution in [1.82, 2.24) is 14.4 Å². The van der Waals surface area contributed by atoms with Crippen LogP contribution in [0, 0.1) is 25.2 Å². The van der Waals surface area contributed by atoms with Gasteiger partial charge < -0.3 is 14.6 Å². The Labute approximate surface area is 466 Å². The number of aromatic nitrogens is 3. The van der Waals surface area contributed by atoms with E-state index in [1.54, 1.807) is 6.92 Å². The van der Waals surface area contributed by atoms with Crippen molar-refractivity contribution in [2.75, 3.05) is 31.0 Å². The molecule has 0 saturated heterocycles. The van der Waals surface area contributed by atoms with Gasteiger partial charge in [0.05, 0.1) is 56.6 Å². The number of azo groups is 3. The number of thioether (sulfide) groups is 1. The third-order valence-electron chi connectivity index (χ3n) is 11.4. The molecule has 0 aliphatic rings. The zero-order valence-corrected chi connectivity index (χ0v) is 47.3. The van der Waals surface area contributed by atoms with Gasteiger partial charge in [-0.1, -0.05) is 29.0 Å². The fourth-order valence-electron chi connectivity index (χ4n) is 7.70. The summed E-state index contributed by atoms with van der Waals surface area (Å²) in [5.41, 5.74) is -0.171. The van der Waals surface area contributed by atoms with Gasteiger partial charge >= 0.3 is 0 Å². The summed E-state index contributed by atoms with van der Waals surface area (Å²) >= 11 is 8.00. The minimum Gasteiger partial charge on any atom is -0.494 e. The van der Waals surface area contributed by atoms with Crippen LogP contribution in [0.4, 0.5) is 33.6 Å². The lowest BCUT2D eigenvalue weighted by atomic mass is 10.1. The molecule has 28 nitrogen and oxygen atoms in total. The summed E-state index contributed by atoms with van der Waals surface area (Å²) in [5, 5.41) is 47.4. The Hall–Kier alpha value is -6.92. The maximum absolute atomic E-state index is 12.5. The summed E-state index contributed by atoms with van der Waals surface area (Å²) in [5.74, 6) is -1.92. The number of methoxy groups -OCH3 is 1. The molecule has 0 aliphatic heterocycles. The van der Waals surface area contributed by atoms with Crippen molar-refractivity contribution in [2.24, 2.45) is 30.7 Å². The van der Waals surface area contributed by atoms with Crippen LogP contribution in [-0.2, 0) is 50.6 Å². The van der Waals surface area contributed by atoms with Crippen LogP contribution in [-0.4, -0.2) is 115 Å². The average molecular weight is 1250 g/mol. The van der Waals surface area contributed by atoms with Crippen molar-refractivity contribution in [1.29, 1.82) is 5.26 Å². The summed E-state index contributed by atoms with van der Waals surface area (Å²) in [6, 6.07) is 14.0. The molecule has 0 radical (unpaired) electrons. The first-order valence-corrected chi connectivity index (χ1v) is 31.9. The second-order valence-electron chi connectivity index (χ2n) is 16.9. The van der Waals surface area contributed by atoms with E-state index in [1.807, 2.05) is 6.07 Å². The van der Waals surface area contributed by atoms with Crippen LogP contribution in [0.15, 0.2) is 111 Å². The van der Waals surface area contributed by atoms with Crippen molar-refractivity contribution < 1.29 is 79.4 Å². The van der Waals surface area contributed by atoms with Crippen LogP contribution in [0.25, 0.3) is 37.7 Å². The number of hydrogen-bond donors (Lipinski definition) is 6. The van der Waals surface area contributed by atoms with Gasteiger partial charge in [0.2, 0.25) is 11.0 Å². The van der Waals surface area contributed by atoms with Gasteiger partial charge in [-0.3, -0.25) is 27.2 Å². The lowest BCUT2D eigenvalue weighted by Gasteiger charge is -2.12. The molecule has 36 heteroatoms. The monoisotopic (exact) mass is 1250 g/mol. The highest BCUT2D eigenvalue weighted by molar-refractivity contribution is 7.99. The molecule has 8 aromatic rings. The Kier molecular flexibility index (Phi) is 16.7. The highest BCUT2D eigenvalue weighted by Crippen LogP contribution is 2.46. The quantitative estimate of drug-likeness (QED) is 0.0179. The number of benzene rings is 5. The number of imidazole rings is 1. The van der Waals surface area contributed by atoms with E-state index < -0.39 is 87.7 Å². The Bertz CT molecular complexity index is 4640. The van der Waals surface area contributed by atoms with E-state index >= 15 is 0 Å². The van der Waals surface area contributed by atoms with E-state index in [9.17, 15) is 75.2 Å². The first-order valence-electron chi connectivity index (χ1n) is 22.2. The van der Waals surface area contributed by atoms with E-state index in [4.69, 9.17) is 21.1 Å². The van der Waals surface area contributed by atoms with Gasteiger partial charge in [-0.25, -0.2) is 9.97 Å². The van der Waals surface area contributed by atoms with Crippen LogP contribution in [0.1, 0.15) is 29.5 Å². The average Bonchev–Trinajstić information content (AvgIpc) is 3.96. The second kappa shape index (κ2) is 22.6. The van der Waals surface area contributed by atoms with Crippen LogP contribution in [0.3, 0.4) is 0 Å². The molecule has 3 heterocycles. The second-order valence-corrected chi connectivity index (χ2v) is 26.7. The molecule has 0 bridgehead atoms. The molecule has 0 aliphatic carbocycles. The number of thiazole rings is 1. The summed E-state index contributed by atoms with van der Waals surface area (Å²) in [4.78, 5) is 6.95. The van der Waals surface area contributed by atoms with Crippen LogP contribution in [0.2, 0.25) is 5.02 Å². The number of nitriles is 1. The van der Waals surface area contributed by atoms with Gasteiger partial charge in [-0.05, 0) is 85.9 Å². The van der Waals surface area contributed by atoms with Crippen molar-refractivity contribution in [3.05, 3.63) is 82.4 Å². The molecule has 5 aromatic carbocycles. The topological polar surface area (TPSA) is 439 Å². The van der Waals surface area contributed by atoms with Crippen molar-refractivity contribution in [2.45, 2.75) is 46.3 Å². The van der Waals surface area contributed by atoms with Gasteiger partial charge in [0.15, 0.2) is 11.3 Å². The summed E-state index contributed by atoms with van der Waals surface area (Å²) in [6.07, 6.45) is -0.251.